The molecule has 28 heavy (non-hydrogen) atoms. The molecule has 4 rings (SSSR count). The fourth-order valence-corrected chi connectivity index (χ4v) is 10.2. The van der Waals surface area contributed by atoms with Gasteiger partial charge in [0.2, 0.25) is 0 Å². The predicted molar refractivity (Wildman–Crippen MR) is 111 cm³/mol. The number of rotatable bonds is 5. The Hall–Kier alpha value is -1.26. The van der Waals surface area contributed by atoms with Gasteiger partial charge >= 0.3 is 0 Å². The first-order chi connectivity index (χ1) is 13.4. The molecule has 0 radical (unpaired) electrons. The van der Waals surface area contributed by atoms with Gasteiger partial charge in [-0.1, -0.05) is 36.4 Å². The van der Waals surface area contributed by atoms with Crippen LogP contribution in [0.2, 0.25) is 0 Å². The van der Waals surface area contributed by atoms with E-state index in [1.54, 1.807) is 17.5 Å². The molecule has 0 spiro atoms. The Morgan fingerprint density at radius 3 is 2.32 bits per heavy atom. The molecular weight excluding hydrogens is 416 g/mol. The van der Waals surface area contributed by atoms with Crippen molar-refractivity contribution in [3.8, 4) is 0 Å². The molecule has 0 unspecified atom stereocenters. The highest BCUT2D eigenvalue weighted by Gasteiger charge is 2.48. The van der Waals surface area contributed by atoms with Crippen molar-refractivity contribution in [3.05, 3.63) is 53.4 Å². The minimum atomic E-state index is -3.64. The molecule has 0 saturated carbocycles. The van der Waals surface area contributed by atoms with Gasteiger partial charge in [0.1, 0.15) is 4.21 Å². The van der Waals surface area contributed by atoms with Gasteiger partial charge in [-0.15, -0.1) is 11.3 Å². The lowest BCUT2D eigenvalue weighted by Gasteiger charge is -2.39. The quantitative estimate of drug-likeness (QED) is 0.702. The van der Waals surface area contributed by atoms with Crippen molar-refractivity contribution in [2.24, 2.45) is 0 Å². The molecule has 6 nitrogen and oxygen atoms in total. The maximum Gasteiger partial charge on any atom is 0.193 e. The molecule has 152 valence electrons. The topological polar surface area (TPSA) is 74.8 Å². The van der Waals surface area contributed by atoms with E-state index in [1.807, 2.05) is 18.2 Å². The Morgan fingerprint density at radius 2 is 1.68 bits per heavy atom. The Bertz CT molecular complexity index is 997. The molecule has 2 aliphatic rings. The van der Waals surface area contributed by atoms with Crippen molar-refractivity contribution in [1.82, 2.24) is 9.80 Å². The number of hydrogen-bond acceptors (Lipinski definition) is 7. The average molecular weight is 441 g/mol. The summed E-state index contributed by atoms with van der Waals surface area (Å²) in [6.07, 6.45) is 0. The van der Waals surface area contributed by atoms with Gasteiger partial charge in [-0.25, -0.2) is 16.8 Å². The molecule has 3 heterocycles. The Balaban J connectivity index is 1.47. The van der Waals surface area contributed by atoms with E-state index in [4.69, 9.17) is 0 Å². The van der Waals surface area contributed by atoms with Gasteiger partial charge in [-0.05, 0) is 17.0 Å². The molecular formula is C19H24N2O4S3. The normalized spacial score (nSPS) is 26.4. The zero-order valence-corrected chi connectivity index (χ0v) is 17.9. The van der Waals surface area contributed by atoms with Gasteiger partial charge in [-0.3, -0.25) is 9.80 Å². The van der Waals surface area contributed by atoms with E-state index >= 15 is 0 Å². The van der Waals surface area contributed by atoms with Crippen LogP contribution in [0, 0.1) is 0 Å². The van der Waals surface area contributed by atoms with Crippen LogP contribution in [0.1, 0.15) is 5.56 Å². The van der Waals surface area contributed by atoms with Gasteiger partial charge in [-0.2, -0.15) is 0 Å². The molecule has 2 atom stereocenters. The van der Waals surface area contributed by atoms with E-state index in [0.717, 1.165) is 31.0 Å². The Morgan fingerprint density at radius 1 is 0.964 bits per heavy atom. The molecule has 0 N–H and O–H groups in total. The molecule has 2 saturated heterocycles. The second kappa shape index (κ2) is 7.87. The first-order valence-corrected chi connectivity index (χ1v) is 13.6. The molecule has 2 aliphatic heterocycles. The Kier molecular flexibility index (Phi) is 5.63. The molecule has 2 fully saturated rings. The maximum absolute atomic E-state index is 13.1. The molecule has 9 heteroatoms. The summed E-state index contributed by atoms with van der Waals surface area (Å²) in [6.45, 7) is 3.83. The van der Waals surface area contributed by atoms with Crippen molar-refractivity contribution in [2.45, 2.75) is 22.0 Å². The smallest absolute Gasteiger partial charge is 0.193 e. The summed E-state index contributed by atoms with van der Waals surface area (Å²) < 4.78 is 51.0. The molecule has 2 aromatic rings. The fraction of sp³-hybridized carbons (Fsp3) is 0.474. The number of thiophene rings is 1. The lowest BCUT2D eigenvalue weighted by Crippen LogP contribution is -2.54. The number of sulfone groups is 2. The minimum Gasteiger partial charge on any atom is -0.297 e. The van der Waals surface area contributed by atoms with Gasteiger partial charge in [0.25, 0.3) is 0 Å². The van der Waals surface area contributed by atoms with Gasteiger partial charge in [0.15, 0.2) is 19.7 Å². The van der Waals surface area contributed by atoms with Crippen molar-refractivity contribution in [2.75, 3.05) is 37.7 Å². The maximum atomic E-state index is 13.1. The van der Waals surface area contributed by atoms with E-state index in [-0.39, 0.29) is 15.7 Å². The largest absolute Gasteiger partial charge is 0.297 e. The summed E-state index contributed by atoms with van der Waals surface area (Å²) in [6, 6.07) is 13.0. The first kappa shape index (κ1) is 20.0. The van der Waals surface area contributed by atoms with Gasteiger partial charge < -0.3 is 0 Å². The minimum absolute atomic E-state index is 0.0685. The average Bonchev–Trinajstić information content (AvgIpc) is 3.32. The number of nitrogens with zero attached hydrogens (tertiary/aromatic N) is 2. The van der Waals surface area contributed by atoms with Crippen LogP contribution in [0.5, 0.6) is 0 Å². The van der Waals surface area contributed by atoms with E-state index in [1.165, 1.54) is 5.56 Å². The summed E-state index contributed by atoms with van der Waals surface area (Å²) in [5.41, 5.74) is 1.25. The van der Waals surface area contributed by atoms with Gasteiger partial charge in [0, 0.05) is 38.8 Å². The summed E-state index contributed by atoms with van der Waals surface area (Å²) >= 11 is 1.16. The van der Waals surface area contributed by atoms with E-state index in [0.29, 0.717) is 13.1 Å². The lowest BCUT2D eigenvalue weighted by molar-refractivity contribution is 0.101. The SMILES string of the molecule is O=S1(=O)C[C@H](N2CCN(Cc3ccccc3)CC2)[C@@H](S(=O)(=O)c2cccs2)C1. The Labute approximate surface area is 170 Å². The lowest BCUT2D eigenvalue weighted by atomic mass is 10.1. The van der Waals surface area contributed by atoms with Crippen molar-refractivity contribution in [3.63, 3.8) is 0 Å². The van der Waals surface area contributed by atoms with Crippen LogP contribution in [-0.4, -0.2) is 75.6 Å². The number of benzene rings is 1. The molecule has 0 amide bonds. The summed E-state index contributed by atoms with van der Waals surface area (Å²) in [5, 5.41) is 0.838. The van der Waals surface area contributed by atoms with Crippen LogP contribution in [0.4, 0.5) is 0 Å². The third-order valence-electron chi connectivity index (χ3n) is 5.57. The van der Waals surface area contributed by atoms with Crippen LogP contribution in [0.15, 0.2) is 52.1 Å². The molecule has 1 aromatic heterocycles. The highest BCUT2D eigenvalue weighted by Crippen LogP contribution is 2.31. The van der Waals surface area contributed by atoms with Crippen molar-refractivity contribution in [1.29, 1.82) is 0 Å². The van der Waals surface area contributed by atoms with Crippen LogP contribution < -0.4 is 0 Å². The third-order valence-corrected chi connectivity index (χ3v) is 11.1. The van der Waals surface area contributed by atoms with Crippen LogP contribution in [-0.2, 0) is 26.2 Å². The molecule has 0 bridgehead atoms. The zero-order valence-electron chi connectivity index (χ0n) is 15.5. The van der Waals surface area contributed by atoms with Crippen LogP contribution >= 0.6 is 11.3 Å². The summed E-state index contributed by atoms with van der Waals surface area (Å²) in [7, 11) is -7.00. The predicted octanol–water partition coefficient (Wildman–Crippen LogP) is 1.51. The number of piperazine rings is 1. The van der Waals surface area contributed by atoms with E-state index < -0.39 is 31.0 Å². The monoisotopic (exact) mass is 440 g/mol. The summed E-state index contributed by atoms with van der Waals surface area (Å²) in [4.78, 5) is 4.40. The zero-order chi connectivity index (χ0) is 19.8. The van der Waals surface area contributed by atoms with Crippen molar-refractivity contribution >= 4 is 31.0 Å². The van der Waals surface area contributed by atoms with Gasteiger partial charge in [0.05, 0.1) is 16.8 Å². The fourth-order valence-electron chi connectivity index (χ4n) is 4.10. The van der Waals surface area contributed by atoms with Crippen molar-refractivity contribution < 1.29 is 16.8 Å². The highest BCUT2D eigenvalue weighted by molar-refractivity contribution is 7.97. The molecule has 0 aliphatic carbocycles. The second-order valence-corrected chi connectivity index (χ2v) is 13.0. The third kappa shape index (κ3) is 4.18. The summed E-state index contributed by atoms with van der Waals surface area (Å²) in [5.74, 6) is -0.344. The standard InChI is InChI=1S/C19H24N2O4S3/c22-27(23)14-17(18(15-27)28(24,25)19-7-4-12-26-19)21-10-8-20(9-11-21)13-16-5-2-1-3-6-16/h1-7,12,17-18H,8-11,13-15H2/t17-,18-/m0/s1. The second-order valence-electron chi connectivity index (χ2n) is 7.46. The van der Waals surface area contributed by atoms with Crippen LogP contribution in [0.25, 0.3) is 0 Å². The number of hydrogen-bond donors (Lipinski definition) is 0. The highest BCUT2D eigenvalue weighted by atomic mass is 32.2. The van der Waals surface area contributed by atoms with E-state index in [9.17, 15) is 16.8 Å². The first-order valence-electron chi connectivity index (χ1n) is 9.33. The molecule has 1 aromatic carbocycles. The van der Waals surface area contributed by atoms with Crippen LogP contribution in [0.3, 0.4) is 0 Å². The van der Waals surface area contributed by atoms with E-state index in [2.05, 4.69) is 21.9 Å².